The molecule has 0 spiro atoms. The van der Waals surface area contributed by atoms with Crippen LogP contribution in [0, 0.1) is 0 Å². The third-order valence-electron chi connectivity index (χ3n) is 4.61. The standard InChI is InChI=1S/C22H25ClN4O4S/c1-27(9-8-15-6-7-17(29-2)18(11-15)30-3)20-12-19(23)25-22(26-20)32-14-21(28)24-13-16-5-4-10-31-16/h4-7,10-12H,8-9,13-14H2,1-3H3,(H,24,28). The molecule has 8 nitrogen and oxygen atoms in total. The number of hydrogen-bond acceptors (Lipinski definition) is 8. The van der Waals surface area contributed by atoms with Gasteiger partial charge in [-0.1, -0.05) is 29.4 Å². The third kappa shape index (κ3) is 6.80. The summed E-state index contributed by atoms with van der Waals surface area (Å²) in [5, 5.41) is 3.56. The smallest absolute Gasteiger partial charge is 0.230 e. The molecule has 0 radical (unpaired) electrons. The number of aromatic nitrogens is 2. The van der Waals surface area contributed by atoms with Crippen molar-refractivity contribution in [2.24, 2.45) is 0 Å². The first-order chi connectivity index (χ1) is 15.5. The van der Waals surface area contributed by atoms with Crippen molar-refractivity contribution in [3.05, 3.63) is 59.1 Å². The minimum absolute atomic E-state index is 0.140. The maximum Gasteiger partial charge on any atom is 0.230 e. The van der Waals surface area contributed by atoms with E-state index in [9.17, 15) is 4.79 Å². The second kappa shape index (κ2) is 11.6. The minimum atomic E-state index is -0.140. The van der Waals surface area contributed by atoms with Crippen molar-refractivity contribution in [3.63, 3.8) is 0 Å². The molecule has 0 atom stereocenters. The van der Waals surface area contributed by atoms with Crippen molar-refractivity contribution in [3.8, 4) is 11.5 Å². The molecule has 0 unspecified atom stereocenters. The molecule has 0 saturated carbocycles. The van der Waals surface area contributed by atoms with Crippen molar-refractivity contribution >= 4 is 35.1 Å². The summed E-state index contributed by atoms with van der Waals surface area (Å²) in [4.78, 5) is 22.8. The van der Waals surface area contributed by atoms with Crippen LogP contribution in [0.1, 0.15) is 11.3 Å². The lowest BCUT2D eigenvalue weighted by Gasteiger charge is -2.19. The quantitative estimate of drug-likeness (QED) is 0.254. The molecule has 1 amide bonds. The molecule has 0 fully saturated rings. The number of carbonyl (C=O) groups excluding carboxylic acids is 1. The fourth-order valence-corrected chi connectivity index (χ4v) is 3.78. The van der Waals surface area contributed by atoms with E-state index in [0.717, 1.165) is 12.0 Å². The molecule has 2 heterocycles. The van der Waals surface area contributed by atoms with Crippen LogP contribution in [0.5, 0.6) is 11.5 Å². The number of benzene rings is 1. The Labute approximate surface area is 196 Å². The van der Waals surface area contributed by atoms with Gasteiger partial charge in [-0.15, -0.1) is 0 Å². The molecule has 0 aliphatic rings. The van der Waals surface area contributed by atoms with E-state index in [2.05, 4.69) is 15.3 Å². The van der Waals surface area contributed by atoms with E-state index in [0.29, 0.717) is 46.5 Å². The Morgan fingerprint density at radius 1 is 1.19 bits per heavy atom. The number of halogens is 1. The van der Waals surface area contributed by atoms with Crippen LogP contribution in [0.15, 0.2) is 52.2 Å². The number of hydrogen-bond donors (Lipinski definition) is 1. The second-order valence-corrected chi connectivity index (χ2v) is 8.17. The molecule has 3 rings (SSSR count). The average molecular weight is 477 g/mol. The summed E-state index contributed by atoms with van der Waals surface area (Å²) in [6, 6.07) is 11.1. The molecule has 0 saturated heterocycles. The van der Waals surface area contributed by atoms with Crippen molar-refractivity contribution in [2.75, 3.05) is 38.5 Å². The monoisotopic (exact) mass is 476 g/mol. The summed E-state index contributed by atoms with van der Waals surface area (Å²) in [7, 11) is 5.17. The largest absolute Gasteiger partial charge is 0.493 e. The highest BCUT2D eigenvalue weighted by Crippen LogP contribution is 2.28. The number of ether oxygens (including phenoxy) is 2. The first-order valence-electron chi connectivity index (χ1n) is 9.87. The van der Waals surface area contributed by atoms with E-state index in [-0.39, 0.29) is 11.7 Å². The number of furan rings is 1. The van der Waals surface area contributed by atoms with Gasteiger partial charge in [-0.3, -0.25) is 4.79 Å². The lowest BCUT2D eigenvalue weighted by molar-refractivity contribution is -0.118. The second-order valence-electron chi connectivity index (χ2n) is 6.84. The zero-order valence-electron chi connectivity index (χ0n) is 18.1. The highest BCUT2D eigenvalue weighted by Gasteiger charge is 2.12. The van der Waals surface area contributed by atoms with Gasteiger partial charge in [0.05, 0.1) is 32.8 Å². The molecule has 0 aliphatic heterocycles. The molecule has 0 aliphatic carbocycles. The maximum absolute atomic E-state index is 12.1. The molecule has 32 heavy (non-hydrogen) atoms. The van der Waals surface area contributed by atoms with Gasteiger partial charge in [-0.25, -0.2) is 9.97 Å². The van der Waals surface area contributed by atoms with Gasteiger partial charge in [-0.2, -0.15) is 0 Å². The summed E-state index contributed by atoms with van der Waals surface area (Å²) in [5.41, 5.74) is 1.11. The van der Waals surface area contributed by atoms with E-state index < -0.39 is 0 Å². The van der Waals surface area contributed by atoms with Crippen LogP contribution in [0.4, 0.5) is 5.82 Å². The predicted octanol–water partition coefficient (Wildman–Crippen LogP) is 3.83. The first-order valence-corrected chi connectivity index (χ1v) is 11.2. The molecule has 2 aromatic heterocycles. The summed E-state index contributed by atoms with van der Waals surface area (Å²) in [6.45, 7) is 1.05. The lowest BCUT2D eigenvalue weighted by atomic mass is 10.1. The SMILES string of the molecule is COc1ccc(CCN(C)c2cc(Cl)nc(SCC(=O)NCc3ccco3)n2)cc1OC. The summed E-state index contributed by atoms with van der Waals surface area (Å²) in [5.74, 6) is 2.81. The van der Waals surface area contributed by atoms with Crippen LogP contribution in [-0.2, 0) is 17.8 Å². The van der Waals surface area contributed by atoms with Crippen molar-refractivity contribution < 1.29 is 18.7 Å². The zero-order valence-corrected chi connectivity index (χ0v) is 19.7. The van der Waals surface area contributed by atoms with Gasteiger partial charge in [0.25, 0.3) is 0 Å². The zero-order chi connectivity index (χ0) is 22.9. The molecule has 1 aromatic carbocycles. The summed E-state index contributed by atoms with van der Waals surface area (Å²) >= 11 is 7.42. The molecular weight excluding hydrogens is 452 g/mol. The van der Waals surface area contributed by atoms with Crippen molar-refractivity contribution in [1.29, 1.82) is 0 Å². The van der Waals surface area contributed by atoms with Gasteiger partial charge in [0.2, 0.25) is 5.91 Å². The van der Waals surface area contributed by atoms with Gasteiger partial charge in [-0.05, 0) is 36.2 Å². The van der Waals surface area contributed by atoms with Crippen LogP contribution >= 0.6 is 23.4 Å². The minimum Gasteiger partial charge on any atom is -0.493 e. The number of likely N-dealkylation sites (N-methyl/N-ethyl adjacent to an activating group) is 1. The third-order valence-corrected chi connectivity index (χ3v) is 5.65. The van der Waals surface area contributed by atoms with Crippen LogP contribution in [0.25, 0.3) is 0 Å². The number of carbonyl (C=O) groups is 1. The highest BCUT2D eigenvalue weighted by molar-refractivity contribution is 7.99. The number of nitrogens with one attached hydrogen (secondary N) is 1. The van der Waals surface area contributed by atoms with E-state index >= 15 is 0 Å². The fourth-order valence-electron chi connectivity index (χ4n) is 2.87. The van der Waals surface area contributed by atoms with Gasteiger partial charge in [0.15, 0.2) is 16.7 Å². The van der Waals surface area contributed by atoms with Crippen LogP contribution in [-0.4, -0.2) is 49.4 Å². The Hall–Kier alpha value is -2.91. The summed E-state index contributed by atoms with van der Waals surface area (Å²) in [6.07, 6.45) is 2.34. The molecule has 3 aromatic rings. The van der Waals surface area contributed by atoms with E-state index in [1.807, 2.05) is 30.1 Å². The number of nitrogens with zero attached hydrogens (tertiary/aromatic N) is 3. The molecule has 10 heteroatoms. The molecular formula is C22H25ClN4O4S. The van der Waals surface area contributed by atoms with Crippen molar-refractivity contribution in [1.82, 2.24) is 15.3 Å². The Bertz CT molecular complexity index is 1030. The maximum atomic E-state index is 12.1. The van der Waals surface area contributed by atoms with Gasteiger partial charge >= 0.3 is 0 Å². The molecule has 0 bridgehead atoms. The van der Waals surface area contributed by atoms with E-state index in [4.69, 9.17) is 25.5 Å². The number of methoxy groups -OCH3 is 2. The number of anilines is 1. The lowest BCUT2D eigenvalue weighted by Crippen LogP contribution is -2.24. The van der Waals surface area contributed by atoms with Crippen molar-refractivity contribution in [2.45, 2.75) is 18.1 Å². The molecule has 170 valence electrons. The first kappa shape index (κ1) is 23.7. The Kier molecular flexibility index (Phi) is 8.64. The Morgan fingerprint density at radius 3 is 2.72 bits per heavy atom. The van der Waals surface area contributed by atoms with Crippen LogP contribution in [0.3, 0.4) is 0 Å². The van der Waals surface area contributed by atoms with E-state index in [1.165, 1.54) is 11.8 Å². The fraction of sp³-hybridized carbons (Fsp3) is 0.318. The Balaban J connectivity index is 1.55. The molecule has 1 N–H and O–H groups in total. The van der Waals surface area contributed by atoms with Crippen LogP contribution < -0.4 is 19.7 Å². The van der Waals surface area contributed by atoms with Gasteiger partial charge in [0.1, 0.15) is 16.7 Å². The highest BCUT2D eigenvalue weighted by atomic mass is 35.5. The average Bonchev–Trinajstić information content (AvgIpc) is 3.33. The predicted molar refractivity (Wildman–Crippen MR) is 125 cm³/mol. The number of thioether (sulfide) groups is 1. The summed E-state index contributed by atoms with van der Waals surface area (Å²) < 4.78 is 15.9. The Morgan fingerprint density at radius 2 is 2.00 bits per heavy atom. The van der Waals surface area contributed by atoms with Gasteiger partial charge in [0, 0.05) is 19.7 Å². The number of amides is 1. The van der Waals surface area contributed by atoms with Gasteiger partial charge < -0.3 is 24.1 Å². The van der Waals surface area contributed by atoms with E-state index in [1.54, 1.807) is 38.7 Å². The van der Waals surface area contributed by atoms with Crippen LogP contribution in [0.2, 0.25) is 5.15 Å². The number of rotatable bonds is 11. The topological polar surface area (TPSA) is 89.7 Å². The normalized spacial score (nSPS) is 10.6.